The molecule has 0 aliphatic heterocycles. The largest absolute Gasteiger partial charge is 0.468 e. The number of esters is 1. The zero-order valence-electron chi connectivity index (χ0n) is 10.4. The number of methoxy groups -OCH3 is 1. The molecule has 1 aromatic heterocycles. The van der Waals surface area contributed by atoms with Gasteiger partial charge in [-0.25, -0.2) is 0 Å². The van der Waals surface area contributed by atoms with Crippen LogP contribution in [0.5, 0.6) is 0 Å². The maximum atomic E-state index is 11.6. The molecule has 1 aliphatic carbocycles. The minimum atomic E-state index is -0.125. The van der Waals surface area contributed by atoms with E-state index in [4.69, 9.17) is 4.74 Å². The normalized spacial score (nSPS) is 16.8. The van der Waals surface area contributed by atoms with Gasteiger partial charge in [0.1, 0.15) is 6.04 Å². The van der Waals surface area contributed by atoms with Crippen molar-refractivity contribution in [3.8, 4) is 0 Å². The fourth-order valence-corrected chi connectivity index (χ4v) is 2.83. The third-order valence-electron chi connectivity index (χ3n) is 3.11. The topological polar surface area (TPSA) is 38.3 Å². The summed E-state index contributed by atoms with van der Waals surface area (Å²) in [6.07, 6.45) is 3.35. The van der Waals surface area contributed by atoms with Crippen molar-refractivity contribution in [2.24, 2.45) is 5.92 Å². The Kier molecular flexibility index (Phi) is 4.18. The average molecular weight is 253 g/mol. The summed E-state index contributed by atoms with van der Waals surface area (Å²) >= 11 is 1.81. The molecule has 17 heavy (non-hydrogen) atoms. The van der Waals surface area contributed by atoms with Crippen LogP contribution in [0, 0.1) is 5.92 Å². The Balaban J connectivity index is 1.88. The maximum absolute atomic E-state index is 11.6. The molecule has 0 saturated heterocycles. The summed E-state index contributed by atoms with van der Waals surface area (Å²) < 4.78 is 4.83. The van der Waals surface area contributed by atoms with Crippen LogP contribution in [0.15, 0.2) is 12.1 Å². The lowest BCUT2D eigenvalue weighted by Gasteiger charge is -2.14. The maximum Gasteiger partial charge on any atom is 0.323 e. The van der Waals surface area contributed by atoms with E-state index in [0.29, 0.717) is 5.92 Å². The van der Waals surface area contributed by atoms with Gasteiger partial charge in [0.15, 0.2) is 0 Å². The highest BCUT2D eigenvalue weighted by molar-refractivity contribution is 7.11. The minimum absolute atomic E-state index is 0.118. The first-order valence-electron chi connectivity index (χ1n) is 6.13. The van der Waals surface area contributed by atoms with E-state index in [1.807, 2.05) is 11.3 Å². The molecule has 94 valence electrons. The zero-order chi connectivity index (χ0) is 12.3. The van der Waals surface area contributed by atoms with E-state index < -0.39 is 0 Å². The Hall–Kier alpha value is -0.870. The van der Waals surface area contributed by atoms with Crippen molar-refractivity contribution in [2.75, 3.05) is 7.11 Å². The molecule has 1 atom stereocenters. The molecule has 1 aliphatic rings. The van der Waals surface area contributed by atoms with Crippen LogP contribution < -0.4 is 5.32 Å². The van der Waals surface area contributed by atoms with E-state index in [1.54, 1.807) is 0 Å². The van der Waals surface area contributed by atoms with Crippen molar-refractivity contribution < 1.29 is 9.53 Å². The molecular weight excluding hydrogens is 234 g/mol. The number of hydrogen-bond acceptors (Lipinski definition) is 4. The Morgan fingerprint density at radius 2 is 2.24 bits per heavy atom. The molecule has 1 aromatic rings. The first-order valence-corrected chi connectivity index (χ1v) is 6.95. The zero-order valence-corrected chi connectivity index (χ0v) is 11.2. The van der Waals surface area contributed by atoms with E-state index in [9.17, 15) is 4.79 Å². The van der Waals surface area contributed by atoms with Gasteiger partial charge in [0, 0.05) is 16.3 Å². The quantitative estimate of drug-likeness (QED) is 0.791. The first kappa shape index (κ1) is 12.6. The van der Waals surface area contributed by atoms with Gasteiger partial charge in [-0.15, -0.1) is 11.3 Å². The highest BCUT2D eigenvalue weighted by atomic mass is 32.1. The van der Waals surface area contributed by atoms with Gasteiger partial charge in [0.25, 0.3) is 0 Å². The van der Waals surface area contributed by atoms with Gasteiger partial charge < -0.3 is 4.74 Å². The van der Waals surface area contributed by atoms with E-state index in [-0.39, 0.29) is 12.0 Å². The molecule has 0 spiro atoms. The van der Waals surface area contributed by atoms with Crippen molar-refractivity contribution in [1.82, 2.24) is 5.32 Å². The van der Waals surface area contributed by atoms with Crippen LogP contribution in [0.25, 0.3) is 0 Å². The lowest BCUT2D eigenvalue weighted by atomic mass is 10.2. The second-order valence-corrected chi connectivity index (χ2v) is 5.69. The standard InChI is InChI=1S/C13H19NO2S/c1-3-10-6-7-11(17-10)8-14-12(9-4-5-9)13(15)16-2/h6-7,9,12,14H,3-5,8H2,1-2H3. The van der Waals surface area contributed by atoms with E-state index in [1.165, 1.54) is 16.9 Å². The molecule has 1 N–H and O–H groups in total. The van der Waals surface area contributed by atoms with Crippen LogP contribution in [-0.2, 0) is 22.5 Å². The monoisotopic (exact) mass is 253 g/mol. The lowest BCUT2D eigenvalue weighted by molar-refractivity contribution is -0.143. The van der Waals surface area contributed by atoms with Crippen LogP contribution in [0.3, 0.4) is 0 Å². The third kappa shape index (κ3) is 3.30. The molecule has 4 heteroatoms. The van der Waals surface area contributed by atoms with Crippen molar-refractivity contribution in [1.29, 1.82) is 0 Å². The van der Waals surface area contributed by atoms with E-state index >= 15 is 0 Å². The lowest BCUT2D eigenvalue weighted by Crippen LogP contribution is -2.38. The molecule has 0 aromatic carbocycles. The molecule has 0 bridgehead atoms. The highest BCUT2D eigenvalue weighted by Crippen LogP contribution is 2.33. The molecular formula is C13H19NO2S. The number of aryl methyl sites for hydroxylation is 1. The average Bonchev–Trinajstić information content (AvgIpc) is 3.07. The molecule has 1 heterocycles. The van der Waals surface area contributed by atoms with Crippen LogP contribution in [-0.4, -0.2) is 19.1 Å². The number of nitrogens with one attached hydrogen (secondary N) is 1. The molecule has 1 saturated carbocycles. The molecule has 2 rings (SSSR count). The van der Waals surface area contributed by atoms with Crippen molar-refractivity contribution in [3.63, 3.8) is 0 Å². The second kappa shape index (κ2) is 5.65. The van der Waals surface area contributed by atoms with Crippen LogP contribution in [0.1, 0.15) is 29.5 Å². The fourth-order valence-electron chi connectivity index (χ4n) is 1.92. The van der Waals surface area contributed by atoms with Gasteiger partial charge in [-0.1, -0.05) is 6.92 Å². The van der Waals surface area contributed by atoms with Crippen LogP contribution in [0.4, 0.5) is 0 Å². The van der Waals surface area contributed by atoms with Crippen LogP contribution >= 0.6 is 11.3 Å². The summed E-state index contributed by atoms with van der Waals surface area (Å²) in [7, 11) is 1.46. The predicted molar refractivity (Wildman–Crippen MR) is 69.1 cm³/mol. The number of rotatable bonds is 6. The van der Waals surface area contributed by atoms with Gasteiger partial charge >= 0.3 is 5.97 Å². The van der Waals surface area contributed by atoms with Gasteiger partial charge in [-0.05, 0) is 37.3 Å². The Bertz CT molecular complexity index is 385. The van der Waals surface area contributed by atoms with E-state index in [0.717, 1.165) is 25.8 Å². The number of carbonyl (C=O) groups is 1. The highest BCUT2D eigenvalue weighted by Gasteiger charge is 2.36. The molecule has 3 nitrogen and oxygen atoms in total. The molecule has 0 radical (unpaired) electrons. The smallest absolute Gasteiger partial charge is 0.323 e. The van der Waals surface area contributed by atoms with Crippen molar-refractivity contribution in [2.45, 2.75) is 38.8 Å². The fraction of sp³-hybridized carbons (Fsp3) is 0.615. The van der Waals surface area contributed by atoms with E-state index in [2.05, 4.69) is 24.4 Å². The number of hydrogen-bond donors (Lipinski definition) is 1. The van der Waals surface area contributed by atoms with Crippen molar-refractivity contribution in [3.05, 3.63) is 21.9 Å². The Morgan fingerprint density at radius 3 is 2.76 bits per heavy atom. The van der Waals surface area contributed by atoms with Gasteiger partial charge in [0.2, 0.25) is 0 Å². The number of ether oxygens (including phenoxy) is 1. The second-order valence-electron chi connectivity index (χ2n) is 4.44. The van der Waals surface area contributed by atoms with Crippen LogP contribution in [0.2, 0.25) is 0 Å². The first-order chi connectivity index (χ1) is 8.24. The van der Waals surface area contributed by atoms with Gasteiger partial charge in [-0.3, -0.25) is 10.1 Å². The summed E-state index contributed by atoms with van der Waals surface area (Å²) in [5, 5.41) is 3.32. The minimum Gasteiger partial charge on any atom is -0.468 e. The molecule has 0 amide bonds. The van der Waals surface area contributed by atoms with Crippen molar-refractivity contribution >= 4 is 17.3 Å². The molecule has 1 fully saturated rings. The summed E-state index contributed by atoms with van der Waals surface area (Å²) in [6, 6.07) is 4.18. The van der Waals surface area contributed by atoms with Gasteiger partial charge in [0.05, 0.1) is 7.11 Å². The summed E-state index contributed by atoms with van der Waals surface area (Å²) in [4.78, 5) is 14.3. The SMILES string of the molecule is CCc1ccc(CNC(C(=O)OC)C2CC2)s1. The Morgan fingerprint density at radius 1 is 1.53 bits per heavy atom. The number of thiophene rings is 1. The summed E-state index contributed by atoms with van der Waals surface area (Å²) in [5.41, 5.74) is 0. The summed E-state index contributed by atoms with van der Waals surface area (Å²) in [5.74, 6) is 0.354. The summed E-state index contributed by atoms with van der Waals surface area (Å²) in [6.45, 7) is 2.92. The predicted octanol–water partition coefficient (Wildman–Crippen LogP) is 2.35. The number of carbonyl (C=O) groups excluding carboxylic acids is 1. The van der Waals surface area contributed by atoms with Gasteiger partial charge in [-0.2, -0.15) is 0 Å². The Labute approximate surface area is 106 Å². The third-order valence-corrected chi connectivity index (χ3v) is 4.34. The molecule has 1 unspecified atom stereocenters.